The highest BCUT2D eigenvalue weighted by atomic mass is 32.2. The minimum Gasteiger partial charge on any atom is -0.313 e. The molecule has 2 rings (SSSR count). The monoisotopic (exact) mass is 262 g/mol. The highest BCUT2D eigenvalue weighted by molar-refractivity contribution is 7.84. The molecule has 4 heteroatoms. The van der Waals surface area contributed by atoms with Crippen LogP contribution in [0.2, 0.25) is 0 Å². The minimum absolute atomic E-state index is 0.680. The van der Waals surface area contributed by atoms with E-state index < -0.39 is 10.8 Å². The molecular weight excluding hydrogens is 244 g/mol. The number of rotatable bonds is 6. The smallest absolute Gasteiger partial charge is 0.0702 e. The molecule has 1 atom stereocenters. The lowest BCUT2D eigenvalue weighted by atomic mass is 10.1. The first-order chi connectivity index (χ1) is 8.75. The minimum atomic E-state index is -0.680. The molecular formula is C14H18N2OS. The molecule has 2 aromatic rings. The fraction of sp³-hybridized carbons (Fsp3) is 0.357. The van der Waals surface area contributed by atoms with Crippen LogP contribution in [0.5, 0.6) is 0 Å². The van der Waals surface area contributed by atoms with Crippen molar-refractivity contribution >= 4 is 21.7 Å². The highest BCUT2D eigenvalue weighted by Crippen LogP contribution is 2.12. The summed E-state index contributed by atoms with van der Waals surface area (Å²) in [7, 11) is -0.680. The molecule has 0 saturated heterocycles. The molecule has 1 aromatic heterocycles. The van der Waals surface area contributed by atoms with Crippen LogP contribution in [-0.2, 0) is 17.3 Å². The summed E-state index contributed by atoms with van der Waals surface area (Å²) in [6.45, 7) is 1.76. The van der Waals surface area contributed by atoms with E-state index in [0.29, 0.717) is 0 Å². The Morgan fingerprint density at radius 2 is 2.22 bits per heavy atom. The zero-order valence-corrected chi connectivity index (χ0v) is 11.4. The van der Waals surface area contributed by atoms with Crippen LogP contribution in [0.25, 0.3) is 10.9 Å². The topological polar surface area (TPSA) is 42.0 Å². The predicted molar refractivity (Wildman–Crippen MR) is 77.0 cm³/mol. The van der Waals surface area contributed by atoms with Gasteiger partial charge in [0.1, 0.15) is 0 Å². The Morgan fingerprint density at radius 3 is 3.06 bits per heavy atom. The van der Waals surface area contributed by atoms with Crippen molar-refractivity contribution in [3.8, 4) is 0 Å². The van der Waals surface area contributed by atoms with Gasteiger partial charge in [-0.05, 0) is 36.7 Å². The van der Waals surface area contributed by atoms with Crippen LogP contribution in [0.4, 0.5) is 0 Å². The lowest BCUT2D eigenvalue weighted by Gasteiger charge is -2.05. The van der Waals surface area contributed by atoms with Crippen LogP contribution in [-0.4, -0.2) is 27.7 Å². The van der Waals surface area contributed by atoms with Crippen molar-refractivity contribution < 1.29 is 4.21 Å². The molecule has 0 aliphatic heterocycles. The molecule has 0 aliphatic carbocycles. The number of nitrogens with zero attached hydrogens (tertiary/aromatic N) is 1. The van der Waals surface area contributed by atoms with Crippen molar-refractivity contribution in [1.82, 2.24) is 10.3 Å². The van der Waals surface area contributed by atoms with Gasteiger partial charge in [-0.25, -0.2) is 0 Å². The van der Waals surface area contributed by atoms with Crippen molar-refractivity contribution in [2.75, 3.05) is 18.6 Å². The zero-order chi connectivity index (χ0) is 12.8. The number of hydrogen-bond donors (Lipinski definition) is 1. The SMILES string of the molecule is CS(=O)CCCNCc1ccc2ncccc2c1. The van der Waals surface area contributed by atoms with Crippen molar-refractivity contribution in [1.29, 1.82) is 0 Å². The standard InChI is InChI=1S/C14H18N2OS/c1-18(17)9-3-7-15-11-12-5-6-14-13(10-12)4-2-8-16-14/h2,4-6,8,10,15H,3,7,9,11H2,1H3. The molecule has 18 heavy (non-hydrogen) atoms. The normalized spacial score (nSPS) is 12.7. The van der Waals surface area contributed by atoms with Gasteiger partial charge in [-0.1, -0.05) is 12.1 Å². The van der Waals surface area contributed by atoms with Gasteiger partial charge in [-0.3, -0.25) is 9.19 Å². The second-order valence-corrected chi connectivity index (χ2v) is 5.89. The first kappa shape index (κ1) is 13.2. The van der Waals surface area contributed by atoms with Gasteiger partial charge in [0, 0.05) is 40.9 Å². The van der Waals surface area contributed by atoms with Crippen LogP contribution in [0.1, 0.15) is 12.0 Å². The maximum atomic E-state index is 10.9. The fourth-order valence-corrected chi connectivity index (χ4v) is 2.42. The van der Waals surface area contributed by atoms with Gasteiger partial charge in [0.05, 0.1) is 5.52 Å². The quantitative estimate of drug-likeness (QED) is 0.811. The van der Waals surface area contributed by atoms with Crippen molar-refractivity contribution in [2.24, 2.45) is 0 Å². The summed E-state index contributed by atoms with van der Waals surface area (Å²) < 4.78 is 10.9. The fourth-order valence-electron chi connectivity index (χ4n) is 1.87. The molecule has 0 saturated carbocycles. The lowest BCUT2D eigenvalue weighted by Crippen LogP contribution is -2.16. The summed E-state index contributed by atoms with van der Waals surface area (Å²) >= 11 is 0. The average Bonchev–Trinajstić information content (AvgIpc) is 2.38. The molecule has 0 amide bonds. The third-order valence-corrected chi connectivity index (χ3v) is 3.65. The Hall–Kier alpha value is -1.26. The zero-order valence-electron chi connectivity index (χ0n) is 10.6. The Kier molecular flexibility index (Phi) is 4.84. The van der Waals surface area contributed by atoms with Gasteiger partial charge < -0.3 is 5.32 Å². The van der Waals surface area contributed by atoms with Crippen LogP contribution >= 0.6 is 0 Å². The van der Waals surface area contributed by atoms with E-state index in [2.05, 4.69) is 28.5 Å². The molecule has 1 heterocycles. The summed E-state index contributed by atoms with van der Waals surface area (Å²) in [4.78, 5) is 4.30. The van der Waals surface area contributed by atoms with Crippen LogP contribution in [0.3, 0.4) is 0 Å². The molecule has 1 N–H and O–H groups in total. The number of hydrogen-bond acceptors (Lipinski definition) is 3. The van der Waals surface area contributed by atoms with E-state index >= 15 is 0 Å². The third kappa shape index (κ3) is 3.89. The van der Waals surface area contributed by atoms with Crippen molar-refractivity contribution in [3.05, 3.63) is 42.1 Å². The number of aromatic nitrogens is 1. The van der Waals surface area contributed by atoms with Gasteiger partial charge in [0.15, 0.2) is 0 Å². The Balaban J connectivity index is 1.86. The summed E-state index contributed by atoms with van der Waals surface area (Å²) in [5.41, 5.74) is 2.29. The van der Waals surface area contributed by atoms with E-state index in [1.165, 1.54) is 10.9 Å². The van der Waals surface area contributed by atoms with E-state index in [4.69, 9.17) is 0 Å². The van der Waals surface area contributed by atoms with Crippen molar-refractivity contribution in [2.45, 2.75) is 13.0 Å². The molecule has 0 radical (unpaired) electrons. The largest absolute Gasteiger partial charge is 0.313 e. The van der Waals surface area contributed by atoms with E-state index in [9.17, 15) is 4.21 Å². The summed E-state index contributed by atoms with van der Waals surface area (Å²) in [5.74, 6) is 0.772. The second-order valence-electron chi connectivity index (χ2n) is 4.34. The highest BCUT2D eigenvalue weighted by Gasteiger charge is 1.97. The first-order valence-corrected chi connectivity index (χ1v) is 7.83. The van der Waals surface area contributed by atoms with E-state index in [1.54, 1.807) is 6.26 Å². The van der Waals surface area contributed by atoms with E-state index in [-0.39, 0.29) is 0 Å². The van der Waals surface area contributed by atoms with Crippen LogP contribution < -0.4 is 5.32 Å². The summed E-state index contributed by atoms with van der Waals surface area (Å²) in [6.07, 6.45) is 4.51. The molecule has 0 bridgehead atoms. The van der Waals surface area contributed by atoms with Gasteiger partial charge in [0.25, 0.3) is 0 Å². The number of fused-ring (bicyclic) bond motifs is 1. The van der Waals surface area contributed by atoms with Crippen LogP contribution in [0, 0.1) is 0 Å². The average molecular weight is 262 g/mol. The van der Waals surface area contributed by atoms with Crippen molar-refractivity contribution in [3.63, 3.8) is 0 Å². The molecule has 0 fully saturated rings. The molecule has 0 spiro atoms. The first-order valence-electron chi connectivity index (χ1n) is 6.10. The molecule has 0 aliphatic rings. The Morgan fingerprint density at radius 1 is 1.33 bits per heavy atom. The predicted octanol–water partition coefficient (Wildman–Crippen LogP) is 2.09. The number of benzene rings is 1. The molecule has 1 unspecified atom stereocenters. The molecule has 1 aromatic carbocycles. The maximum absolute atomic E-state index is 10.9. The van der Waals surface area contributed by atoms with Gasteiger partial charge in [-0.15, -0.1) is 0 Å². The van der Waals surface area contributed by atoms with E-state index in [0.717, 1.165) is 30.8 Å². The Bertz CT molecular complexity index is 542. The summed E-state index contributed by atoms with van der Waals surface area (Å²) in [5, 5.41) is 4.54. The van der Waals surface area contributed by atoms with Gasteiger partial charge in [0.2, 0.25) is 0 Å². The lowest BCUT2D eigenvalue weighted by molar-refractivity contribution is 0.662. The second kappa shape index (κ2) is 6.61. The van der Waals surface area contributed by atoms with Crippen LogP contribution in [0.15, 0.2) is 36.5 Å². The number of nitrogens with one attached hydrogen (secondary N) is 1. The van der Waals surface area contributed by atoms with Gasteiger partial charge >= 0.3 is 0 Å². The third-order valence-electron chi connectivity index (χ3n) is 2.78. The van der Waals surface area contributed by atoms with Gasteiger partial charge in [-0.2, -0.15) is 0 Å². The summed E-state index contributed by atoms with van der Waals surface area (Å²) in [6, 6.07) is 10.3. The maximum Gasteiger partial charge on any atom is 0.0702 e. The molecule has 3 nitrogen and oxygen atoms in total. The number of pyridine rings is 1. The molecule has 96 valence electrons. The van der Waals surface area contributed by atoms with E-state index in [1.807, 2.05) is 18.3 Å². The Labute approximate surface area is 110 Å².